The third kappa shape index (κ3) is 7.45. The Labute approximate surface area is 522 Å². The summed E-state index contributed by atoms with van der Waals surface area (Å²) in [5.41, 5.74) is -14.8. The van der Waals surface area contributed by atoms with Crippen molar-refractivity contribution >= 4 is 59.7 Å². The molecule has 10 saturated carbocycles. The fourth-order valence-corrected chi connectivity index (χ4v) is 22.1. The van der Waals surface area contributed by atoms with E-state index in [1.165, 1.54) is 27.7 Å². The first-order valence-electron chi connectivity index (χ1n) is 32.2. The van der Waals surface area contributed by atoms with Crippen LogP contribution >= 0.6 is 0 Å². The summed E-state index contributed by atoms with van der Waals surface area (Å²) in [6.07, 6.45) is -9.88. The zero-order valence-electron chi connectivity index (χ0n) is 51.1. The summed E-state index contributed by atoms with van der Waals surface area (Å²) in [4.78, 5) is 145. The molecule has 10 bridgehead atoms. The Morgan fingerprint density at radius 1 is 0.418 bits per heavy atom. The maximum absolute atomic E-state index is 16.2. The molecule has 30 atom stereocenters. The standard InChI is InChI=1S/C66H69N5O20/c1-7-58(3,49(73)83-39-29-9-34-44(39)88-54(78)63(34,15-29)23-68)19-60(5,51(75)85-41-31-11-36-46(41)90-56(80)65(36,17-31)25-70)21-61(6,52(76)86-42-32-12-37-47(42)91-57(81)66(37,18-32)26-71)20-59(4,50(74)84-40-30-10-35-45(40)89-55(79)64(35,16-30)24-69)13-27(2)48(72)82-38-28-8-33-43(38)87-53(77)62(33,14-28)22-67/h27-47H,7-21H2,1-6H3. The van der Waals surface area contributed by atoms with Crippen LogP contribution in [0.3, 0.4) is 0 Å². The number of carbonyl (C=O) groups is 10. The molecule has 15 aliphatic rings. The number of esters is 10. The molecule has 478 valence electrons. The van der Waals surface area contributed by atoms with Gasteiger partial charge in [0.2, 0.25) is 0 Å². The second-order valence-electron chi connectivity index (χ2n) is 31.4. The summed E-state index contributed by atoms with van der Waals surface area (Å²) in [5, 5.41) is 51.2. The number of fused-ring (bicyclic) bond motifs is 5. The van der Waals surface area contributed by atoms with E-state index >= 15 is 19.2 Å². The normalized spacial score (nSPS) is 47.4. The van der Waals surface area contributed by atoms with E-state index < -0.39 is 260 Å². The molecule has 0 N–H and O–H groups in total. The van der Waals surface area contributed by atoms with Gasteiger partial charge in [0.25, 0.3) is 0 Å². The zero-order chi connectivity index (χ0) is 64.6. The zero-order valence-corrected chi connectivity index (χ0v) is 51.1. The number of hydrogen-bond acceptors (Lipinski definition) is 25. The van der Waals surface area contributed by atoms with Gasteiger partial charge >= 0.3 is 59.7 Å². The average molecular weight is 1250 g/mol. The van der Waals surface area contributed by atoms with Crippen molar-refractivity contribution < 1.29 is 95.3 Å². The number of nitriles is 5. The first-order chi connectivity index (χ1) is 43.0. The van der Waals surface area contributed by atoms with Crippen LogP contribution in [0, 0.1) is 170 Å². The van der Waals surface area contributed by atoms with Crippen molar-refractivity contribution in [3.8, 4) is 30.3 Å². The number of rotatable bonds is 19. The Bertz CT molecular complexity index is 3650. The molecule has 15 fully saturated rings. The molecule has 5 heterocycles. The van der Waals surface area contributed by atoms with Crippen molar-refractivity contribution in [2.45, 2.75) is 199 Å². The van der Waals surface area contributed by atoms with Gasteiger partial charge in [-0.25, -0.2) is 0 Å². The smallest absolute Gasteiger partial charge is 0.327 e. The summed E-state index contributed by atoms with van der Waals surface area (Å²) in [6, 6.07) is 10.8. The third-order valence-electron chi connectivity index (χ3n) is 26.3. The minimum atomic E-state index is -2.11. The third-order valence-corrected chi connectivity index (χ3v) is 26.3. The minimum Gasteiger partial charge on any atom is -0.458 e. The van der Waals surface area contributed by atoms with Gasteiger partial charge in [0.15, 0.2) is 27.1 Å². The summed E-state index contributed by atoms with van der Waals surface area (Å²) in [6.45, 7) is 9.23. The highest BCUT2D eigenvalue weighted by molar-refractivity contribution is 5.90. The lowest BCUT2D eigenvalue weighted by Crippen LogP contribution is -2.51. The SMILES string of the molecule is CCC(C)(CC(C)(CC(C)(CC(C)(CC(C)C(=O)OC1C2CC3C1OC(=O)C3(C#N)C2)C(=O)OC1C2CC3C1OC(=O)C3(C#N)C2)C(=O)OC1C2CC3C1OC(=O)C3(C#N)C2)C(=O)OC1C2CC3C1OC(=O)C3(C#N)C2)C(=O)OC1C2CC3C1OC(=O)C3(C#N)C2. The Kier molecular flexibility index (Phi) is 12.4. The molecule has 0 aromatic heterocycles. The van der Waals surface area contributed by atoms with Gasteiger partial charge in [0, 0.05) is 59.2 Å². The second kappa shape index (κ2) is 18.9. The molecule has 15 rings (SSSR count). The van der Waals surface area contributed by atoms with Gasteiger partial charge in [0.1, 0.15) is 61.0 Å². The lowest BCUT2D eigenvalue weighted by Gasteiger charge is -2.45. The molecule has 0 amide bonds. The van der Waals surface area contributed by atoms with Gasteiger partial charge in [-0.1, -0.05) is 13.8 Å². The largest absolute Gasteiger partial charge is 0.458 e. The van der Waals surface area contributed by atoms with Crippen molar-refractivity contribution in [1.29, 1.82) is 26.3 Å². The van der Waals surface area contributed by atoms with E-state index in [9.17, 15) is 55.1 Å². The lowest BCUT2D eigenvalue weighted by molar-refractivity contribution is -0.189. The Balaban J connectivity index is 0.794. The Morgan fingerprint density at radius 2 is 0.648 bits per heavy atom. The maximum Gasteiger partial charge on any atom is 0.327 e. The highest BCUT2D eigenvalue weighted by atomic mass is 16.6. The van der Waals surface area contributed by atoms with Crippen LogP contribution in [0.5, 0.6) is 0 Å². The fourth-order valence-electron chi connectivity index (χ4n) is 22.1. The summed E-state index contributed by atoms with van der Waals surface area (Å²) in [7, 11) is 0. The van der Waals surface area contributed by atoms with Gasteiger partial charge in [-0.15, -0.1) is 0 Å². The minimum absolute atomic E-state index is 0.00729. The molecular formula is C66H69N5O20. The molecule has 0 aromatic rings. The number of carbonyl (C=O) groups excluding carboxylic acids is 10. The van der Waals surface area contributed by atoms with Crippen LogP contribution in [-0.2, 0) is 95.3 Å². The van der Waals surface area contributed by atoms with E-state index in [1.807, 2.05) is 0 Å². The van der Waals surface area contributed by atoms with E-state index in [0.29, 0.717) is 32.1 Å². The van der Waals surface area contributed by atoms with Gasteiger partial charge in [-0.3, -0.25) is 47.9 Å². The van der Waals surface area contributed by atoms with Crippen molar-refractivity contribution in [3.05, 3.63) is 0 Å². The molecule has 25 heteroatoms. The molecule has 5 saturated heterocycles. The first-order valence-corrected chi connectivity index (χ1v) is 32.2. The summed E-state index contributed by atoms with van der Waals surface area (Å²) < 4.78 is 61.2. The van der Waals surface area contributed by atoms with Gasteiger partial charge < -0.3 is 47.4 Å². The van der Waals surface area contributed by atoms with Crippen LogP contribution in [0.2, 0.25) is 0 Å². The predicted octanol–water partition coefficient (Wildman–Crippen LogP) is 4.55. The molecule has 0 spiro atoms. The molecular weight excluding hydrogens is 1180 g/mol. The van der Waals surface area contributed by atoms with Crippen molar-refractivity contribution in [2.75, 3.05) is 0 Å². The van der Waals surface area contributed by atoms with Crippen LogP contribution < -0.4 is 0 Å². The van der Waals surface area contributed by atoms with E-state index in [2.05, 4.69) is 30.3 Å². The topological polar surface area (TPSA) is 382 Å². The number of hydrogen-bond donors (Lipinski definition) is 0. The Hall–Kier alpha value is -7.85. The molecule has 30 unspecified atom stereocenters. The molecule has 5 aliphatic heterocycles. The van der Waals surface area contributed by atoms with Crippen LogP contribution in [0.25, 0.3) is 0 Å². The molecule has 25 nitrogen and oxygen atoms in total. The highest BCUT2D eigenvalue weighted by Gasteiger charge is 2.78. The monoisotopic (exact) mass is 1250 g/mol. The van der Waals surface area contributed by atoms with Crippen LogP contribution in [0.1, 0.15) is 138 Å². The first kappa shape index (κ1) is 59.5. The van der Waals surface area contributed by atoms with Gasteiger partial charge in [0.05, 0.1) is 57.9 Å². The second-order valence-corrected chi connectivity index (χ2v) is 31.4. The van der Waals surface area contributed by atoms with E-state index in [4.69, 9.17) is 47.4 Å². The molecule has 0 aromatic carbocycles. The number of nitrogens with zero attached hydrogens (tertiary/aromatic N) is 5. The predicted molar refractivity (Wildman–Crippen MR) is 290 cm³/mol. The summed E-state index contributed by atoms with van der Waals surface area (Å²) in [5.74, 6) is -14.5. The molecule has 0 radical (unpaired) electrons. The van der Waals surface area contributed by atoms with E-state index in [-0.39, 0.29) is 38.5 Å². The Morgan fingerprint density at radius 3 is 0.912 bits per heavy atom. The van der Waals surface area contributed by atoms with Crippen molar-refractivity contribution in [2.24, 2.45) is 114 Å². The fraction of sp³-hybridized carbons (Fsp3) is 0.773. The van der Waals surface area contributed by atoms with Crippen LogP contribution in [-0.4, -0.2) is 121 Å². The van der Waals surface area contributed by atoms with E-state index in [1.54, 1.807) is 13.8 Å². The van der Waals surface area contributed by atoms with Crippen molar-refractivity contribution in [1.82, 2.24) is 0 Å². The van der Waals surface area contributed by atoms with Gasteiger partial charge in [-0.2, -0.15) is 26.3 Å². The maximum atomic E-state index is 16.2. The molecule has 91 heavy (non-hydrogen) atoms. The van der Waals surface area contributed by atoms with Gasteiger partial charge in [-0.05, 0) is 124 Å². The van der Waals surface area contributed by atoms with E-state index in [0.717, 1.165) is 0 Å². The quantitative estimate of drug-likeness (QED) is 0.126. The number of ether oxygens (including phenoxy) is 10. The van der Waals surface area contributed by atoms with Crippen molar-refractivity contribution in [3.63, 3.8) is 0 Å². The average Bonchev–Trinajstić information content (AvgIpc) is 1.59. The highest BCUT2D eigenvalue weighted by Crippen LogP contribution is 2.68. The lowest BCUT2D eigenvalue weighted by atomic mass is 9.60. The summed E-state index contributed by atoms with van der Waals surface area (Å²) >= 11 is 0. The van der Waals surface area contributed by atoms with Crippen LogP contribution in [0.15, 0.2) is 0 Å². The van der Waals surface area contributed by atoms with Crippen LogP contribution in [0.4, 0.5) is 0 Å². The molecule has 10 aliphatic carbocycles.